The van der Waals surface area contributed by atoms with Crippen LogP contribution in [0.25, 0.3) is 0 Å². The van der Waals surface area contributed by atoms with Gasteiger partial charge in [-0.3, -0.25) is 14.9 Å². The molecule has 168 valence electrons. The van der Waals surface area contributed by atoms with E-state index in [0.29, 0.717) is 17.4 Å². The fourth-order valence-corrected chi connectivity index (χ4v) is 4.85. The van der Waals surface area contributed by atoms with Crippen molar-refractivity contribution < 1.29 is 19.2 Å². The lowest BCUT2D eigenvalue weighted by atomic mass is 9.90. The molecule has 4 rings (SSSR count). The molecule has 8 nitrogen and oxygen atoms in total. The molecule has 0 aromatic heterocycles. The molecule has 2 aliphatic rings. The molecule has 0 unspecified atom stereocenters. The number of non-ortho nitro benzene ring substituents is 1. The Morgan fingerprint density at radius 2 is 2.03 bits per heavy atom. The van der Waals surface area contributed by atoms with Crippen molar-refractivity contribution in [1.82, 2.24) is 5.43 Å². The summed E-state index contributed by atoms with van der Waals surface area (Å²) in [5, 5.41) is 14.9. The van der Waals surface area contributed by atoms with Gasteiger partial charge in [-0.25, -0.2) is 5.43 Å². The van der Waals surface area contributed by atoms with Gasteiger partial charge in [0.05, 0.1) is 18.2 Å². The summed E-state index contributed by atoms with van der Waals surface area (Å²) in [4.78, 5) is 22.8. The van der Waals surface area contributed by atoms with Gasteiger partial charge >= 0.3 is 0 Å². The summed E-state index contributed by atoms with van der Waals surface area (Å²) in [7, 11) is 1.55. The quantitative estimate of drug-likeness (QED) is 0.373. The molecule has 0 spiro atoms. The normalized spacial score (nSPS) is 23.9. The van der Waals surface area contributed by atoms with Gasteiger partial charge in [-0.15, -0.1) is 0 Å². The molecular weight excluding hydrogens is 410 g/mol. The summed E-state index contributed by atoms with van der Waals surface area (Å²) >= 11 is 0. The number of nitrogens with one attached hydrogen (secondary N) is 1. The summed E-state index contributed by atoms with van der Waals surface area (Å²) in [5.74, 6) is 1.65. The van der Waals surface area contributed by atoms with Crippen molar-refractivity contribution in [2.45, 2.75) is 39.2 Å². The summed E-state index contributed by atoms with van der Waals surface area (Å²) in [5.41, 5.74) is 4.47. The first-order valence-electron chi connectivity index (χ1n) is 10.8. The standard InChI is InChI=1S/C24H27N3O5/c1-24-12-4-3-5-19(24)22(24)23(28)26-25-14-17-8-11-20(21(13-17)31-2)32-15-16-6-9-18(10-7-16)27(29)30/h6-11,13-14,19,22H,3-5,12,15H2,1-2H3,(H,26,28)/b25-14+/t19-,22-,24+/m0/s1. The fraction of sp³-hybridized carbons (Fsp3) is 0.417. The number of methoxy groups -OCH3 is 1. The van der Waals surface area contributed by atoms with Gasteiger partial charge < -0.3 is 9.47 Å². The molecule has 1 N–H and O–H groups in total. The van der Waals surface area contributed by atoms with Crippen LogP contribution in [-0.2, 0) is 11.4 Å². The van der Waals surface area contributed by atoms with Crippen molar-refractivity contribution >= 4 is 17.8 Å². The molecule has 0 saturated heterocycles. The van der Waals surface area contributed by atoms with E-state index in [0.717, 1.165) is 24.0 Å². The van der Waals surface area contributed by atoms with E-state index < -0.39 is 4.92 Å². The Morgan fingerprint density at radius 3 is 2.69 bits per heavy atom. The number of carbonyl (C=O) groups is 1. The average Bonchev–Trinajstić information content (AvgIpc) is 3.43. The third kappa shape index (κ3) is 4.44. The van der Waals surface area contributed by atoms with Gasteiger partial charge in [0.25, 0.3) is 5.69 Å². The van der Waals surface area contributed by atoms with E-state index in [4.69, 9.17) is 9.47 Å². The Balaban J connectivity index is 1.33. The first-order chi connectivity index (χ1) is 15.4. The fourth-order valence-electron chi connectivity index (χ4n) is 4.85. The van der Waals surface area contributed by atoms with Crippen LogP contribution in [0, 0.1) is 27.4 Å². The van der Waals surface area contributed by atoms with Gasteiger partial charge in [0.1, 0.15) is 6.61 Å². The third-order valence-electron chi connectivity index (χ3n) is 6.73. The molecule has 8 heteroatoms. The smallest absolute Gasteiger partial charge is 0.269 e. The lowest BCUT2D eigenvalue weighted by Gasteiger charge is -2.15. The van der Waals surface area contributed by atoms with Crippen molar-refractivity contribution in [3.8, 4) is 11.5 Å². The van der Waals surface area contributed by atoms with Gasteiger partial charge in [0.2, 0.25) is 5.91 Å². The maximum Gasteiger partial charge on any atom is 0.269 e. The zero-order valence-corrected chi connectivity index (χ0v) is 18.2. The molecular formula is C24H27N3O5. The second-order valence-corrected chi connectivity index (χ2v) is 8.69. The second-order valence-electron chi connectivity index (χ2n) is 8.69. The van der Waals surface area contributed by atoms with Crippen molar-refractivity contribution in [2.75, 3.05) is 7.11 Å². The highest BCUT2D eigenvalue weighted by atomic mass is 16.6. The number of nitro groups is 1. The maximum atomic E-state index is 12.5. The maximum absolute atomic E-state index is 12.5. The van der Waals surface area contributed by atoms with Crippen LogP contribution >= 0.6 is 0 Å². The van der Waals surface area contributed by atoms with E-state index in [1.54, 1.807) is 37.6 Å². The van der Waals surface area contributed by atoms with E-state index in [-0.39, 0.29) is 29.5 Å². The Labute approximate surface area is 186 Å². The SMILES string of the molecule is COc1cc(/C=N/NC(=O)[C@@H]2[C@@H]3CCCC[C@@]23C)ccc1OCc1ccc([N+](=O)[O-])cc1. The van der Waals surface area contributed by atoms with E-state index in [9.17, 15) is 14.9 Å². The molecule has 0 heterocycles. The van der Waals surface area contributed by atoms with Crippen molar-refractivity contribution in [3.63, 3.8) is 0 Å². The molecule has 0 bridgehead atoms. The van der Waals surface area contributed by atoms with Crippen LogP contribution in [0.15, 0.2) is 47.6 Å². The molecule has 1 amide bonds. The second kappa shape index (κ2) is 8.98. The van der Waals surface area contributed by atoms with Gasteiger partial charge in [-0.1, -0.05) is 19.8 Å². The number of fused-ring (bicyclic) bond motifs is 1. The summed E-state index contributed by atoms with van der Waals surface area (Å²) < 4.78 is 11.2. The predicted molar refractivity (Wildman–Crippen MR) is 120 cm³/mol. The van der Waals surface area contributed by atoms with E-state index in [2.05, 4.69) is 17.5 Å². The first kappa shape index (κ1) is 21.8. The van der Waals surface area contributed by atoms with Gasteiger partial charge in [0, 0.05) is 18.1 Å². The highest BCUT2D eigenvalue weighted by Gasteiger charge is 2.64. The highest BCUT2D eigenvalue weighted by Crippen LogP contribution is 2.66. The predicted octanol–water partition coefficient (Wildman–Crippen LogP) is 4.46. The topological polar surface area (TPSA) is 103 Å². The number of carbonyl (C=O) groups excluding carboxylic acids is 1. The summed E-state index contributed by atoms with van der Waals surface area (Å²) in [6.45, 7) is 2.46. The van der Waals surface area contributed by atoms with Crippen LogP contribution in [0.3, 0.4) is 0 Å². The largest absolute Gasteiger partial charge is 0.493 e. The van der Waals surface area contributed by atoms with Crippen LogP contribution in [0.1, 0.15) is 43.7 Å². The minimum absolute atomic E-state index is 0.00525. The molecule has 0 aliphatic heterocycles. The number of nitro benzene ring substituents is 1. The van der Waals surface area contributed by atoms with Gasteiger partial charge in [-0.2, -0.15) is 5.10 Å². The first-order valence-corrected chi connectivity index (χ1v) is 10.8. The lowest BCUT2D eigenvalue weighted by Crippen LogP contribution is -2.22. The van der Waals surface area contributed by atoms with E-state index in [1.165, 1.54) is 25.0 Å². The molecule has 2 aromatic carbocycles. The molecule has 2 saturated carbocycles. The number of hydrazone groups is 1. The zero-order chi connectivity index (χ0) is 22.7. The molecule has 3 atom stereocenters. The van der Waals surface area contributed by atoms with Crippen molar-refractivity contribution in [2.24, 2.45) is 22.4 Å². The molecule has 2 aromatic rings. The Hall–Kier alpha value is -3.42. The third-order valence-corrected chi connectivity index (χ3v) is 6.73. The van der Waals surface area contributed by atoms with Crippen LogP contribution in [0.5, 0.6) is 11.5 Å². The molecule has 32 heavy (non-hydrogen) atoms. The van der Waals surface area contributed by atoms with Gasteiger partial charge in [-0.05, 0) is 65.6 Å². The van der Waals surface area contributed by atoms with Crippen LogP contribution in [0.4, 0.5) is 5.69 Å². The number of benzene rings is 2. The van der Waals surface area contributed by atoms with Crippen molar-refractivity contribution in [3.05, 3.63) is 63.7 Å². The highest BCUT2D eigenvalue weighted by molar-refractivity contribution is 5.86. The van der Waals surface area contributed by atoms with E-state index in [1.807, 2.05) is 6.07 Å². The molecule has 2 aliphatic carbocycles. The number of hydrogen-bond donors (Lipinski definition) is 1. The van der Waals surface area contributed by atoms with Crippen LogP contribution in [-0.4, -0.2) is 24.2 Å². The van der Waals surface area contributed by atoms with Gasteiger partial charge in [0.15, 0.2) is 11.5 Å². The number of amides is 1. The molecule has 2 fully saturated rings. The van der Waals surface area contributed by atoms with Crippen LogP contribution < -0.4 is 14.9 Å². The monoisotopic (exact) mass is 437 g/mol. The van der Waals surface area contributed by atoms with E-state index >= 15 is 0 Å². The summed E-state index contributed by atoms with van der Waals surface area (Å²) in [6.07, 6.45) is 6.27. The number of rotatable bonds is 8. The van der Waals surface area contributed by atoms with Crippen molar-refractivity contribution in [1.29, 1.82) is 0 Å². The average molecular weight is 437 g/mol. The summed E-state index contributed by atoms with van der Waals surface area (Å²) in [6, 6.07) is 11.6. The van der Waals surface area contributed by atoms with Crippen LogP contribution in [0.2, 0.25) is 0 Å². The Morgan fingerprint density at radius 1 is 1.25 bits per heavy atom. The Kier molecular flexibility index (Phi) is 6.12. The molecule has 0 radical (unpaired) electrons. The zero-order valence-electron chi connectivity index (χ0n) is 18.2. The Bertz CT molecular complexity index is 1040. The number of hydrogen-bond acceptors (Lipinski definition) is 6. The number of nitrogens with zero attached hydrogens (tertiary/aromatic N) is 2. The minimum Gasteiger partial charge on any atom is -0.493 e. The number of ether oxygens (including phenoxy) is 2. The lowest BCUT2D eigenvalue weighted by molar-refractivity contribution is -0.384. The minimum atomic E-state index is -0.436.